The first-order valence-electron chi connectivity index (χ1n) is 6.61. The predicted octanol–water partition coefficient (Wildman–Crippen LogP) is 5.82. The van der Waals surface area contributed by atoms with E-state index in [1.165, 1.54) is 48.8 Å². The van der Waals surface area contributed by atoms with E-state index < -0.39 is 0 Å². The molecule has 0 saturated carbocycles. The van der Waals surface area contributed by atoms with Crippen LogP contribution < -0.4 is 0 Å². The minimum absolute atomic E-state index is 1.15. The fourth-order valence-corrected chi connectivity index (χ4v) is 1.64. The fraction of sp³-hybridized carbons (Fsp3) is 0.625. The Morgan fingerprint density at radius 3 is 2.31 bits per heavy atom. The van der Waals surface area contributed by atoms with Gasteiger partial charge in [0, 0.05) is 0 Å². The van der Waals surface area contributed by atoms with Crippen molar-refractivity contribution in [2.75, 3.05) is 0 Å². The zero-order chi connectivity index (χ0) is 12.4. The van der Waals surface area contributed by atoms with Gasteiger partial charge in [0.05, 0.1) is 0 Å². The number of hydrogen-bond donors (Lipinski definition) is 0. The lowest BCUT2D eigenvalue weighted by atomic mass is 9.99. The summed E-state index contributed by atoms with van der Waals surface area (Å²) >= 11 is 0. The maximum absolute atomic E-state index is 3.96. The topological polar surface area (TPSA) is 0 Å². The van der Waals surface area contributed by atoms with Gasteiger partial charge in [-0.05, 0) is 51.5 Å². The van der Waals surface area contributed by atoms with Crippen LogP contribution >= 0.6 is 0 Å². The second-order valence-electron chi connectivity index (χ2n) is 4.66. The van der Waals surface area contributed by atoms with E-state index in [2.05, 4.69) is 46.4 Å². The van der Waals surface area contributed by atoms with Crippen LogP contribution in [0.1, 0.15) is 66.2 Å². The molecule has 0 rings (SSSR count). The van der Waals surface area contributed by atoms with E-state index in [-0.39, 0.29) is 0 Å². The van der Waals surface area contributed by atoms with Gasteiger partial charge in [0.15, 0.2) is 0 Å². The summed E-state index contributed by atoms with van der Waals surface area (Å²) in [5, 5.41) is 0. The Labute approximate surface area is 102 Å². The zero-order valence-electron chi connectivity index (χ0n) is 11.6. The van der Waals surface area contributed by atoms with Crippen LogP contribution in [-0.4, -0.2) is 0 Å². The number of unbranched alkanes of at least 4 members (excludes halogenated alkanes) is 1. The molecule has 0 heteroatoms. The van der Waals surface area contributed by atoms with E-state index in [4.69, 9.17) is 0 Å². The van der Waals surface area contributed by atoms with E-state index in [0.717, 1.165) is 6.42 Å². The third-order valence-corrected chi connectivity index (χ3v) is 2.90. The lowest BCUT2D eigenvalue weighted by molar-refractivity contribution is 0.804. The molecule has 0 aromatic rings. The third-order valence-electron chi connectivity index (χ3n) is 2.90. The highest BCUT2D eigenvalue weighted by molar-refractivity contribution is 5.24. The molecule has 0 heterocycles. The van der Waals surface area contributed by atoms with Crippen molar-refractivity contribution >= 4 is 0 Å². The first-order valence-corrected chi connectivity index (χ1v) is 6.61. The summed E-state index contributed by atoms with van der Waals surface area (Å²) in [6, 6.07) is 0. The number of allylic oxidation sites excluding steroid dienone is 5. The second-order valence-corrected chi connectivity index (χ2v) is 4.66. The SMILES string of the molecule is C=C(C)CCCC(C=CCCC)=C(C)CC. The van der Waals surface area contributed by atoms with Gasteiger partial charge in [0.2, 0.25) is 0 Å². The quantitative estimate of drug-likeness (QED) is 0.357. The van der Waals surface area contributed by atoms with Gasteiger partial charge < -0.3 is 0 Å². The van der Waals surface area contributed by atoms with E-state index >= 15 is 0 Å². The Hall–Kier alpha value is -0.780. The Kier molecular flexibility index (Phi) is 8.99. The smallest absolute Gasteiger partial charge is 0.0276 e. The van der Waals surface area contributed by atoms with E-state index in [9.17, 15) is 0 Å². The van der Waals surface area contributed by atoms with Gasteiger partial charge in [-0.25, -0.2) is 0 Å². The van der Waals surface area contributed by atoms with Crippen LogP contribution in [-0.2, 0) is 0 Å². The molecule has 0 aromatic carbocycles. The van der Waals surface area contributed by atoms with Crippen LogP contribution in [0.5, 0.6) is 0 Å². The fourth-order valence-electron chi connectivity index (χ4n) is 1.64. The van der Waals surface area contributed by atoms with Gasteiger partial charge in [0.25, 0.3) is 0 Å². The Bertz CT molecular complexity index is 253. The molecular formula is C16H28. The van der Waals surface area contributed by atoms with Crippen molar-refractivity contribution in [1.29, 1.82) is 0 Å². The molecule has 0 atom stereocenters. The zero-order valence-corrected chi connectivity index (χ0v) is 11.6. The maximum Gasteiger partial charge on any atom is -0.0276 e. The van der Waals surface area contributed by atoms with Crippen LogP contribution in [0.25, 0.3) is 0 Å². The largest absolute Gasteiger partial charge is 0.100 e. The molecule has 0 spiro atoms. The van der Waals surface area contributed by atoms with Gasteiger partial charge in [-0.2, -0.15) is 0 Å². The Balaban J connectivity index is 4.28. The van der Waals surface area contributed by atoms with Crippen LogP contribution in [0, 0.1) is 0 Å². The van der Waals surface area contributed by atoms with Crippen molar-refractivity contribution in [2.24, 2.45) is 0 Å². The molecule has 0 bridgehead atoms. The minimum Gasteiger partial charge on any atom is -0.100 e. The monoisotopic (exact) mass is 220 g/mol. The normalized spacial score (nSPS) is 13.0. The molecule has 0 aliphatic rings. The summed E-state index contributed by atoms with van der Waals surface area (Å²) < 4.78 is 0. The molecule has 0 unspecified atom stereocenters. The lowest BCUT2D eigenvalue weighted by Gasteiger charge is -2.07. The number of rotatable bonds is 8. The molecule has 0 radical (unpaired) electrons. The van der Waals surface area contributed by atoms with Gasteiger partial charge in [-0.15, -0.1) is 6.58 Å². The maximum atomic E-state index is 3.96. The predicted molar refractivity (Wildman–Crippen MR) is 75.7 cm³/mol. The highest BCUT2D eigenvalue weighted by Gasteiger charge is 1.98. The van der Waals surface area contributed by atoms with Gasteiger partial charge in [-0.3, -0.25) is 0 Å². The van der Waals surface area contributed by atoms with Gasteiger partial charge >= 0.3 is 0 Å². The van der Waals surface area contributed by atoms with Crippen molar-refractivity contribution < 1.29 is 0 Å². The van der Waals surface area contributed by atoms with Crippen molar-refractivity contribution in [3.8, 4) is 0 Å². The Morgan fingerprint density at radius 1 is 1.12 bits per heavy atom. The first-order chi connectivity index (χ1) is 7.61. The van der Waals surface area contributed by atoms with Crippen molar-refractivity contribution in [3.63, 3.8) is 0 Å². The molecular weight excluding hydrogens is 192 g/mol. The second kappa shape index (κ2) is 9.45. The summed E-state index contributed by atoms with van der Waals surface area (Å²) in [5.41, 5.74) is 4.37. The van der Waals surface area contributed by atoms with Crippen molar-refractivity contribution in [2.45, 2.75) is 66.2 Å². The summed E-state index contributed by atoms with van der Waals surface area (Å²) in [5.74, 6) is 0. The van der Waals surface area contributed by atoms with Gasteiger partial charge in [0.1, 0.15) is 0 Å². The molecule has 0 aliphatic heterocycles. The summed E-state index contributed by atoms with van der Waals surface area (Å²) in [6.45, 7) is 12.8. The van der Waals surface area contributed by atoms with Crippen LogP contribution in [0.15, 0.2) is 35.5 Å². The van der Waals surface area contributed by atoms with E-state index in [1.54, 1.807) is 0 Å². The van der Waals surface area contributed by atoms with Gasteiger partial charge in [-0.1, -0.05) is 43.6 Å². The van der Waals surface area contributed by atoms with E-state index in [1.807, 2.05) is 0 Å². The van der Waals surface area contributed by atoms with E-state index in [0.29, 0.717) is 0 Å². The van der Waals surface area contributed by atoms with Crippen molar-refractivity contribution in [1.82, 2.24) is 0 Å². The van der Waals surface area contributed by atoms with Crippen LogP contribution in [0.4, 0.5) is 0 Å². The minimum atomic E-state index is 1.15. The molecule has 0 N–H and O–H groups in total. The first kappa shape index (κ1) is 15.2. The lowest BCUT2D eigenvalue weighted by Crippen LogP contribution is -1.87. The molecule has 0 amide bonds. The van der Waals surface area contributed by atoms with Crippen molar-refractivity contribution in [3.05, 3.63) is 35.5 Å². The number of hydrogen-bond acceptors (Lipinski definition) is 0. The molecule has 92 valence electrons. The highest BCUT2D eigenvalue weighted by atomic mass is 14.0. The van der Waals surface area contributed by atoms with Crippen LogP contribution in [0.3, 0.4) is 0 Å². The highest BCUT2D eigenvalue weighted by Crippen LogP contribution is 2.18. The van der Waals surface area contributed by atoms with Crippen LogP contribution in [0.2, 0.25) is 0 Å². The average molecular weight is 220 g/mol. The molecule has 0 saturated heterocycles. The summed E-state index contributed by atoms with van der Waals surface area (Å²) in [6.07, 6.45) is 11.8. The third kappa shape index (κ3) is 7.50. The summed E-state index contributed by atoms with van der Waals surface area (Å²) in [4.78, 5) is 0. The average Bonchev–Trinajstić information content (AvgIpc) is 2.26. The Morgan fingerprint density at radius 2 is 1.81 bits per heavy atom. The molecule has 16 heavy (non-hydrogen) atoms. The summed E-state index contributed by atoms with van der Waals surface area (Å²) in [7, 11) is 0. The molecule has 0 aliphatic carbocycles. The molecule has 0 aromatic heterocycles. The molecule has 0 fully saturated rings. The standard InChI is InChI=1S/C16H28/c1-6-8-9-12-16(15(5)7-2)13-10-11-14(3)4/h9,12H,3,6-8,10-11,13H2,1-2,4-5H3. The molecule has 0 nitrogen and oxygen atoms in total.